The van der Waals surface area contributed by atoms with Crippen molar-refractivity contribution >= 4 is 33.6 Å². The fourth-order valence-electron chi connectivity index (χ4n) is 3.78. The van der Waals surface area contributed by atoms with Gasteiger partial charge in [-0.15, -0.1) is 0 Å². The molecule has 2 aromatic heterocycles. The number of aryl methyl sites for hydroxylation is 2. The van der Waals surface area contributed by atoms with Crippen molar-refractivity contribution < 1.29 is 23.6 Å². The number of ether oxygens (including phenoxy) is 2. The van der Waals surface area contributed by atoms with E-state index in [1.807, 2.05) is 0 Å². The molecule has 0 fully saturated rings. The van der Waals surface area contributed by atoms with E-state index in [2.05, 4.69) is 15.3 Å². The van der Waals surface area contributed by atoms with Gasteiger partial charge in [-0.3, -0.25) is 18.9 Å². The second-order valence-electron chi connectivity index (χ2n) is 7.88. The van der Waals surface area contributed by atoms with Crippen LogP contribution in [0.15, 0.2) is 64.7 Å². The van der Waals surface area contributed by atoms with E-state index in [1.165, 1.54) is 25.0 Å². The number of fused-ring (bicyclic) bond motifs is 1. The summed E-state index contributed by atoms with van der Waals surface area (Å²) in [5.41, 5.74) is 2.46. The third-order valence-corrected chi connectivity index (χ3v) is 6.26. The largest absolute Gasteiger partial charge is 0.497 e. The Morgan fingerprint density at radius 2 is 1.75 bits per heavy atom. The number of anilines is 1. The third kappa shape index (κ3) is 5.36. The summed E-state index contributed by atoms with van der Waals surface area (Å²) >= 11 is 0. The molecule has 36 heavy (non-hydrogen) atoms. The molecule has 2 heterocycles. The maximum absolute atomic E-state index is 13.7. The summed E-state index contributed by atoms with van der Waals surface area (Å²) in [6.07, 6.45) is 2.37. The number of hydrogen-bond acceptors (Lipinski definition) is 7. The topological polar surface area (TPSA) is 133 Å². The van der Waals surface area contributed by atoms with E-state index in [9.17, 15) is 13.8 Å². The average Bonchev–Trinajstić information content (AvgIpc) is 2.87. The van der Waals surface area contributed by atoms with Crippen LogP contribution in [0.25, 0.3) is 22.2 Å². The molecule has 11 heteroatoms. The van der Waals surface area contributed by atoms with Gasteiger partial charge in [0.2, 0.25) is 5.16 Å². The number of nitrogens with zero attached hydrogens (tertiary/aromatic N) is 3. The van der Waals surface area contributed by atoms with Gasteiger partial charge in [-0.1, -0.05) is 12.1 Å². The first-order valence-electron chi connectivity index (χ1n) is 10.9. The summed E-state index contributed by atoms with van der Waals surface area (Å²) in [5.74, 6) is 1.08. The van der Waals surface area contributed by atoms with Crippen molar-refractivity contribution in [2.24, 2.45) is 0 Å². The highest BCUT2D eigenvalue weighted by Gasteiger charge is 2.16. The maximum atomic E-state index is 13.7. The van der Waals surface area contributed by atoms with Gasteiger partial charge in [0.1, 0.15) is 17.1 Å². The number of hydrogen-bond donors (Lipinski definition) is 2. The molecule has 186 valence electrons. The van der Waals surface area contributed by atoms with E-state index in [0.29, 0.717) is 45.8 Å². The molecule has 2 aromatic carbocycles. The summed E-state index contributed by atoms with van der Waals surface area (Å²) < 4.78 is 24.3. The molecule has 0 radical (unpaired) electrons. The first kappa shape index (κ1) is 24.9. The van der Waals surface area contributed by atoms with Crippen LogP contribution in [0.4, 0.5) is 10.5 Å². The molecule has 0 spiro atoms. The highest BCUT2D eigenvalue weighted by Crippen LogP contribution is 2.29. The number of benzene rings is 2. The Kier molecular flexibility index (Phi) is 7.30. The van der Waals surface area contributed by atoms with Crippen molar-refractivity contribution in [2.45, 2.75) is 18.1 Å². The predicted molar refractivity (Wildman–Crippen MR) is 136 cm³/mol. The quantitative estimate of drug-likeness (QED) is 0.345. The smallest absolute Gasteiger partial charge is 0.409 e. The van der Waals surface area contributed by atoms with Crippen LogP contribution in [0, 0.1) is 0 Å². The first-order valence-corrected chi connectivity index (χ1v) is 12.4. The zero-order valence-corrected chi connectivity index (χ0v) is 20.7. The number of carboxylic acid groups (broad SMARTS) is 1. The van der Waals surface area contributed by atoms with Crippen LogP contribution in [-0.2, 0) is 23.8 Å². The Bertz CT molecular complexity index is 1500. The van der Waals surface area contributed by atoms with Gasteiger partial charge in [-0.05, 0) is 47.9 Å². The minimum absolute atomic E-state index is 0.135. The lowest BCUT2D eigenvalue weighted by atomic mass is 10.0. The molecule has 0 saturated heterocycles. The van der Waals surface area contributed by atoms with Crippen molar-refractivity contribution in [3.8, 4) is 22.6 Å². The second-order valence-corrected chi connectivity index (χ2v) is 9.15. The van der Waals surface area contributed by atoms with Gasteiger partial charge in [0, 0.05) is 41.7 Å². The molecule has 1 amide bonds. The Morgan fingerprint density at radius 3 is 2.33 bits per heavy atom. The van der Waals surface area contributed by atoms with E-state index in [4.69, 9.17) is 14.6 Å². The number of pyridine rings is 1. The van der Waals surface area contributed by atoms with Crippen molar-refractivity contribution in [1.82, 2.24) is 14.5 Å². The molecule has 0 aliphatic carbocycles. The number of rotatable bonds is 8. The van der Waals surface area contributed by atoms with Gasteiger partial charge in [0.25, 0.3) is 5.56 Å². The van der Waals surface area contributed by atoms with Gasteiger partial charge in [-0.25, -0.2) is 14.8 Å². The molecule has 0 aliphatic heterocycles. The summed E-state index contributed by atoms with van der Waals surface area (Å²) in [7, 11) is 1.65. The standard InChI is InChI=1S/C25H24N4O6S/c1-34-19-10-16(11-20(13-19)35-2)21-12-17-14-26-24(36(3)33)28-22(17)29(23(21)30)9-8-15-4-6-18(7-5-15)27-25(31)32/h4-7,10-14,27H,8-9H2,1-3H3,(H,31,32). The lowest BCUT2D eigenvalue weighted by Crippen LogP contribution is -2.24. The van der Waals surface area contributed by atoms with Crippen molar-refractivity contribution in [3.63, 3.8) is 0 Å². The van der Waals surface area contributed by atoms with E-state index in [-0.39, 0.29) is 17.3 Å². The zero-order chi connectivity index (χ0) is 25.8. The van der Waals surface area contributed by atoms with Crippen LogP contribution in [0.2, 0.25) is 0 Å². The zero-order valence-electron chi connectivity index (χ0n) is 19.8. The Labute approximate surface area is 209 Å². The fourth-order valence-corrected chi connectivity index (χ4v) is 4.19. The van der Waals surface area contributed by atoms with Crippen molar-refractivity contribution in [2.75, 3.05) is 25.8 Å². The van der Waals surface area contributed by atoms with Gasteiger partial charge in [0.15, 0.2) is 0 Å². The molecule has 0 bridgehead atoms. The molecule has 2 N–H and O–H groups in total. The van der Waals surface area contributed by atoms with Crippen LogP contribution in [-0.4, -0.2) is 50.4 Å². The number of nitrogens with one attached hydrogen (secondary N) is 1. The molecule has 1 unspecified atom stereocenters. The summed E-state index contributed by atoms with van der Waals surface area (Å²) in [4.78, 5) is 33.2. The second kappa shape index (κ2) is 10.6. The maximum Gasteiger partial charge on any atom is 0.409 e. The summed E-state index contributed by atoms with van der Waals surface area (Å²) in [6.45, 7) is 0.281. The van der Waals surface area contributed by atoms with E-state index >= 15 is 0 Å². The van der Waals surface area contributed by atoms with Gasteiger partial charge < -0.3 is 14.6 Å². The summed E-state index contributed by atoms with van der Waals surface area (Å²) in [6, 6.07) is 13.8. The van der Waals surface area contributed by atoms with Crippen LogP contribution < -0.4 is 20.3 Å². The molecule has 1 atom stereocenters. The monoisotopic (exact) mass is 508 g/mol. The molecule has 4 aromatic rings. The van der Waals surface area contributed by atoms with Gasteiger partial charge in [-0.2, -0.15) is 0 Å². The Hall–Kier alpha value is -4.25. The average molecular weight is 509 g/mol. The lowest BCUT2D eigenvalue weighted by Gasteiger charge is -2.14. The number of carbonyl (C=O) groups is 1. The SMILES string of the molecule is COc1cc(OC)cc(-c2cc3cnc(S(C)=O)nc3n(CCc3ccc(NC(=O)O)cc3)c2=O)c1. The van der Waals surface area contributed by atoms with Crippen molar-refractivity contribution in [3.05, 3.63) is 70.6 Å². The van der Waals surface area contributed by atoms with Crippen LogP contribution in [0.5, 0.6) is 11.5 Å². The third-order valence-electron chi connectivity index (χ3n) is 5.55. The molecular formula is C25H24N4O6S. The molecular weight excluding hydrogens is 484 g/mol. The lowest BCUT2D eigenvalue weighted by molar-refractivity contribution is 0.209. The van der Waals surface area contributed by atoms with E-state index in [1.54, 1.807) is 54.7 Å². The van der Waals surface area contributed by atoms with Crippen LogP contribution in [0.3, 0.4) is 0 Å². The molecule has 0 aliphatic rings. The minimum Gasteiger partial charge on any atom is -0.497 e. The molecule has 10 nitrogen and oxygen atoms in total. The van der Waals surface area contributed by atoms with Gasteiger partial charge >= 0.3 is 6.09 Å². The van der Waals surface area contributed by atoms with E-state index in [0.717, 1.165) is 5.56 Å². The molecule has 0 saturated carbocycles. The van der Waals surface area contributed by atoms with Crippen molar-refractivity contribution in [1.29, 1.82) is 0 Å². The van der Waals surface area contributed by atoms with Gasteiger partial charge in [0.05, 0.1) is 25.0 Å². The molecule has 4 rings (SSSR count). The van der Waals surface area contributed by atoms with Crippen LogP contribution >= 0.6 is 0 Å². The number of aromatic nitrogens is 3. The Morgan fingerprint density at radius 1 is 1.08 bits per heavy atom. The Balaban J connectivity index is 1.81. The highest BCUT2D eigenvalue weighted by molar-refractivity contribution is 7.84. The first-order chi connectivity index (χ1) is 17.3. The normalized spacial score (nSPS) is 11.8. The highest BCUT2D eigenvalue weighted by atomic mass is 32.2. The fraction of sp³-hybridized carbons (Fsp3) is 0.200. The minimum atomic E-state index is -1.42. The number of amides is 1. The predicted octanol–water partition coefficient (Wildman–Crippen LogP) is 3.55. The van der Waals surface area contributed by atoms with E-state index < -0.39 is 16.9 Å². The summed E-state index contributed by atoms with van der Waals surface area (Å²) in [5, 5.41) is 11.9. The van der Waals surface area contributed by atoms with Crippen LogP contribution in [0.1, 0.15) is 5.56 Å². The number of methoxy groups -OCH3 is 2.